The molecule has 1 saturated carbocycles. The van der Waals surface area contributed by atoms with E-state index in [1.54, 1.807) is 7.11 Å². The summed E-state index contributed by atoms with van der Waals surface area (Å²) < 4.78 is 10.8. The van der Waals surface area contributed by atoms with Gasteiger partial charge in [0, 0.05) is 37.6 Å². The Bertz CT molecular complexity index is 392. The molecule has 1 heterocycles. The third-order valence-electron chi connectivity index (χ3n) is 3.21. The van der Waals surface area contributed by atoms with Crippen LogP contribution >= 0.6 is 0 Å². The fraction of sp³-hybridized carbons (Fsp3) is 0.667. The maximum Gasteiger partial charge on any atom is 0.122 e. The van der Waals surface area contributed by atoms with Gasteiger partial charge in [-0.2, -0.15) is 0 Å². The van der Waals surface area contributed by atoms with Gasteiger partial charge in [0.25, 0.3) is 0 Å². The van der Waals surface area contributed by atoms with Crippen molar-refractivity contribution in [1.29, 1.82) is 0 Å². The van der Waals surface area contributed by atoms with Crippen molar-refractivity contribution >= 4 is 0 Å². The summed E-state index contributed by atoms with van der Waals surface area (Å²) in [6.07, 6.45) is 3.77. The largest absolute Gasteiger partial charge is 0.497 e. The average molecular weight is 264 g/mol. The first-order chi connectivity index (χ1) is 9.28. The molecular formula is C15H24N2O2. The van der Waals surface area contributed by atoms with E-state index in [2.05, 4.69) is 10.3 Å². The molecule has 0 saturated heterocycles. The number of hydrogen-bond acceptors (Lipinski definition) is 4. The zero-order chi connectivity index (χ0) is 13.5. The number of aryl methyl sites for hydroxylation is 1. The molecule has 0 radical (unpaired) electrons. The van der Waals surface area contributed by atoms with Crippen molar-refractivity contribution in [3.05, 3.63) is 23.5 Å². The van der Waals surface area contributed by atoms with Gasteiger partial charge in [0.1, 0.15) is 5.75 Å². The molecule has 0 atom stereocenters. The second-order valence-corrected chi connectivity index (χ2v) is 5.19. The highest BCUT2D eigenvalue weighted by Gasteiger charge is 2.20. The lowest BCUT2D eigenvalue weighted by atomic mass is 10.3. The van der Waals surface area contributed by atoms with Crippen LogP contribution in [0.1, 0.15) is 30.7 Å². The van der Waals surface area contributed by atoms with Crippen molar-refractivity contribution < 1.29 is 9.47 Å². The third kappa shape index (κ3) is 5.57. The van der Waals surface area contributed by atoms with Crippen molar-refractivity contribution in [1.82, 2.24) is 10.3 Å². The molecule has 4 heteroatoms. The fourth-order valence-corrected chi connectivity index (χ4v) is 1.96. The molecule has 1 aromatic rings. The summed E-state index contributed by atoms with van der Waals surface area (Å²) in [7, 11) is 1.68. The quantitative estimate of drug-likeness (QED) is 0.695. The second-order valence-electron chi connectivity index (χ2n) is 5.19. The Hall–Kier alpha value is -1.13. The van der Waals surface area contributed by atoms with Crippen LogP contribution in [-0.4, -0.2) is 31.9 Å². The lowest BCUT2D eigenvalue weighted by molar-refractivity contribution is 0.122. The van der Waals surface area contributed by atoms with Crippen molar-refractivity contribution in [3.8, 4) is 5.75 Å². The van der Waals surface area contributed by atoms with Crippen molar-refractivity contribution in [2.45, 2.75) is 32.7 Å². The van der Waals surface area contributed by atoms with Gasteiger partial charge in [-0.3, -0.25) is 4.98 Å². The van der Waals surface area contributed by atoms with Crippen molar-refractivity contribution in [2.75, 3.05) is 26.9 Å². The van der Waals surface area contributed by atoms with Gasteiger partial charge in [-0.15, -0.1) is 0 Å². The Balaban J connectivity index is 1.57. The number of nitrogens with zero attached hydrogens (tertiary/aromatic N) is 1. The number of rotatable bonds is 9. The molecule has 2 rings (SSSR count). The predicted octanol–water partition coefficient (Wildman–Crippen LogP) is 2.30. The van der Waals surface area contributed by atoms with E-state index in [1.807, 2.05) is 19.1 Å². The lowest BCUT2D eigenvalue weighted by Gasteiger charge is -2.08. The van der Waals surface area contributed by atoms with E-state index in [9.17, 15) is 0 Å². The van der Waals surface area contributed by atoms with E-state index in [1.165, 1.54) is 12.8 Å². The third-order valence-corrected chi connectivity index (χ3v) is 3.21. The van der Waals surface area contributed by atoms with Crippen LogP contribution in [0.3, 0.4) is 0 Å². The van der Waals surface area contributed by atoms with Crippen LogP contribution < -0.4 is 10.1 Å². The molecule has 0 amide bonds. The molecule has 0 unspecified atom stereocenters. The SMILES string of the molecule is COc1cc(C)nc(CNCCCOCC2CC2)c1. The summed E-state index contributed by atoms with van der Waals surface area (Å²) in [5.41, 5.74) is 2.01. The summed E-state index contributed by atoms with van der Waals surface area (Å²) >= 11 is 0. The fourth-order valence-electron chi connectivity index (χ4n) is 1.96. The van der Waals surface area contributed by atoms with Crippen LogP contribution in [-0.2, 0) is 11.3 Å². The maximum atomic E-state index is 5.59. The van der Waals surface area contributed by atoms with E-state index in [0.29, 0.717) is 0 Å². The predicted molar refractivity (Wildman–Crippen MR) is 75.4 cm³/mol. The van der Waals surface area contributed by atoms with Crippen LogP contribution in [0.2, 0.25) is 0 Å². The number of ether oxygens (including phenoxy) is 2. The van der Waals surface area contributed by atoms with Gasteiger partial charge in [-0.1, -0.05) is 0 Å². The Morgan fingerprint density at radius 3 is 2.95 bits per heavy atom. The molecule has 0 spiro atoms. The smallest absolute Gasteiger partial charge is 0.122 e. The Labute approximate surface area is 115 Å². The van der Waals surface area contributed by atoms with Crippen LogP contribution in [0.15, 0.2) is 12.1 Å². The molecule has 19 heavy (non-hydrogen) atoms. The minimum atomic E-state index is 0.778. The van der Waals surface area contributed by atoms with Gasteiger partial charge in [-0.05, 0) is 38.6 Å². The van der Waals surface area contributed by atoms with E-state index in [-0.39, 0.29) is 0 Å². The number of methoxy groups -OCH3 is 1. The lowest BCUT2D eigenvalue weighted by Crippen LogP contribution is -2.17. The van der Waals surface area contributed by atoms with Crippen LogP contribution in [0.5, 0.6) is 5.75 Å². The van der Waals surface area contributed by atoms with E-state index < -0.39 is 0 Å². The summed E-state index contributed by atoms with van der Waals surface area (Å²) in [5.74, 6) is 1.73. The summed E-state index contributed by atoms with van der Waals surface area (Å²) in [4.78, 5) is 4.47. The van der Waals surface area contributed by atoms with E-state index in [4.69, 9.17) is 9.47 Å². The first kappa shape index (κ1) is 14.3. The van der Waals surface area contributed by atoms with Crippen LogP contribution in [0.4, 0.5) is 0 Å². The molecule has 1 N–H and O–H groups in total. The molecule has 0 aliphatic heterocycles. The Morgan fingerprint density at radius 1 is 1.37 bits per heavy atom. The van der Waals surface area contributed by atoms with Crippen molar-refractivity contribution in [3.63, 3.8) is 0 Å². The molecule has 1 aliphatic carbocycles. The topological polar surface area (TPSA) is 43.4 Å². The normalized spacial score (nSPS) is 14.6. The van der Waals surface area contributed by atoms with Crippen LogP contribution in [0.25, 0.3) is 0 Å². The standard InChI is InChI=1S/C15H24N2O2/c1-12-8-15(18-2)9-14(17-12)10-16-6-3-7-19-11-13-4-5-13/h8-9,13,16H,3-7,10-11H2,1-2H3. The number of hydrogen-bond donors (Lipinski definition) is 1. The molecule has 106 valence electrons. The first-order valence-corrected chi connectivity index (χ1v) is 7.08. The molecule has 1 fully saturated rings. The summed E-state index contributed by atoms with van der Waals surface area (Å²) in [5, 5.41) is 3.39. The van der Waals surface area contributed by atoms with E-state index in [0.717, 1.165) is 55.8 Å². The second kappa shape index (κ2) is 7.46. The first-order valence-electron chi connectivity index (χ1n) is 7.08. The van der Waals surface area contributed by atoms with Crippen molar-refractivity contribution in [2.24, 2.45) is 5.92 Å². The zero-order valence-electron chi connectivity index (χ0n) is 11.9. The summed E-state index contributed by atoms with van der Waals surface area (Å²) in [6.45, 7) is 5.53. The Morgan fingerprint density at radius 2 is 2.21 bits per heavy atom. The monoisotopic (exact) mass is 264 g/mol. The molecule has 0 bridgehead atoms. The van der Waals surface area contributed by atoms with Gasteiger partial charge in [0.2, 0.25) is 0 Å². The van der Waals surface area contributed by atoms with Gasteiger partial charge in [0.05, 0.1) is 12.8 Å². The number of aromatic nitrogens is 1. The van der Waals surface area contributed by atoms with Gasteiger partial charge >= 0.3 is 0 Å². The highest BCUT2D eigenvalue weighted by molar-refractivity contribution is 5.26. The summed E-state index contributed by atoms with van der Waals surface area (Å²) in [6, 6.07) is 3.92. The van der Waals surface area contributed by atoms with E-state index >= 15 is 0 Å². The number of pyridine rings is 1. The molecule has 1 aliphatic rings. The van der Waals surface area contributed by atoms with Gasteiger partial charge < -0.3 is 14.8 Å². The average Bonchev–Trinajstić information content (AvgIpc) is 3.21. The number of nitrogens with one attached hydrogen (secondary N) is 1. The van der Waals surface area contributed by atoms with Crippen LogP contribution in [0, 0.1) is 12.8 Å². The Kier molecular flexibility index (Phi) is 5.61. The van der Waals surface area contributed by atoms with Gasteiger partial charge in [0.15, 0.2) is 0 Å². The van der Waals surface area contributed by atoms with Gasteiger partial charge in [-0.25, -0.2) is 0 Å². The maximum absolute atomic E-state index is 5.59. The minimum Gasteiger partial charge on any atom is -0.497 e. The zero-order valence-corrected chi connectivity index (χ0v) is 11.9. The molecule has 1 aromatic heterocycles. The molecule has 0 aromatic carbocycles. The minimum absolute atomic E-state index is 0.778. The molecule has 4 nitrogen and oxygen atoms in total. The molecular weight excluding hydrogens is 240 g/mol. The highest BCUT2D eigenvalue weighted by atomic mass is 16.5. The highest BCUT2D eigenvalue weighted by Crippen LogP contribution is 2.28.